The molecule has 12 heteroatoms. The lowest BCUT2D eigenvalue weighted by Gasteiger charge is -2.18. The Kier molecular flexibility index (Phi) is 7.62. The van der Waals surface area contributed by atoms with Crippen molar-refractivity contribution in [2.75, 3.05) is 33.8 Å². The van der Waals surface area contributed by atoms with Gasteiger partial charge in [0.05, 0.1) is 12.6 Å². The molecule has 2 fully saturated rings. The summed E-state index contributed by atoms with van der Waals surface area (Å²) >= 11 is 0. The van der Waals surface area contributed by atoms with E-state index in [0.717, 1.165) is 12.8 Å². The van der Waals surface area contributed by atoms with Gasteiger partial charge in [-0.15, -0.1) is 0 Å². The number of hydrogen-bond donors (Lipinski definition) is 2. The summed E-state index contributed by atoms with van der Waals surface area (Å²) in [7, 11) is 3.29. The number of halogens is 2. The molecule has 1 aromatic carbocycles. The van der Waals surface area contributed by atoms with Gasteiger partial charge in [0.15, 0.2) is 23.0 Å². The van der Waals surface area contributed by atoms with Crippen LogP contribution in [0, 0.1) is 5.92 Å². The topological polar surface area (TPSA) is 123 Å². The van der Waals surface area contributed by atoms with Gasteiger partial charge < -0.3 is 34.7 Å². The lowest BCUT2D eigenvalue weighted by molar-refractivity contribution is -0.0515. The summed E-state index contributed by atoms with van der Waals surface area (Å²) in [6.07, 6.45) is 2.67. The molecule has 1 unspecified atom stereocenters. The predicted octanol–water partition coefficient (Wildman–Crippen LogP) is 3.24. The highest BCUT2D eigenvalue weighted by Crippen LogP contribution is 2.37. The highest BCUT2D eigenvalue weighted by Gasteiger charge is 2.33. The van der Waals surface area contributed by atoms with E-state index in [1.165, 1.54) is 23.1 Å². The summed E-state index contributed by atoms with van der Waals surface area (Å²) in [6, 6.07) is 3.35. The summed E-state index contributed by atoms with van der Waals surface area (Å²) in [4.78, 5) is 32.7. The van der Waals surface area contributed by atoms with Crippen molar-refractivity contribution in [1.82, 2.24) is 20.1 Å². The summed E-state index contributed by atoms with van der Waals surface area (Å²) in [6.45, 7) is -0.158. The zero-order chi connectivity index (χ0) is 26.0. The molecule has 2 aliphatic rings. The fraction of sp³-hybridized carbons (Fsp3) is 0.542. The maximum atomic E-state index is 13.3. The third-order valence-electron chi connectivity index (χ3n) is 6.06. The maximum absolute atomic E-state index is 13.3. The molecule has 4 rings (SSSR count). The lowest BCUT2D eigenvalue weighted by Crippen LogP contribution is -2.43. The van der Waals surface area contributed by atoms with Crippen LogP contribution in [0.5, 0.6) is 11.5 Å². The van der Waals surface area contributed by atoms with E-state index in [2.05, 4.69) is 15.0 Å². The van der Waals surface area contributed by atoms with Crippen LogP contribution in [-0.4, -0.2) is 73.2 Å². The molecule has 2 atom stereocenters. The molecule has 3 N–H and O–H groups in total. The second-order valence-corrected chi connectivity index (χ2v) is 9.40. The SMILES string of the molecule is CC(N)c1oc(-c2ccc(OC(F)F)c(OCC3CC3)c2)nc1C(=O)N1CC[C@@H](NC(=O)N(C)C)C1. The number of carbonyl (C=O) groups is 2. The Hall–Kier alpha value is -3.41. The standard InChI is InChI=1S/C24H31F2N5O5/c1-13(27)20-19(22(32)31-9-8-16(11-31)28-24(33)30(2)3)29-21(36-20)15-6-7-17(35-23(25)26)18(10-15)34-12-14-4-5-14/h6-7,10,13-14,16,23H,4-5,8-9,11-12,27H2,1-3H3,(H,28,33)/t13?,16-/m1/s1. The van der Waals surface area contributed by atoms with Crippen molar-refractivity contribution in [3.63, 3.8) is 0 Å². The summed E-state index contributed by atoms with van der Waals surface area (Å²) in [5.74, 6) is 0.420. The molecule has 10 nitrogen and oxygen atoms in total. The Morgan fingerprint density at radius 3 is 2.67 bits per heavy atom. The minimum atomic E-state index is -3.00. The number of likely N-dealkylation sites (tertiary alicyclic amines) is 1. The van der Waals surface area contributed by atoms with Crippen molar-refractivity contribution in [3.05, 3.63) is 29.7 Å². The Balaban J connectivity index is 1.56. The highest BCUT2D eigenvalue weighted by atomic mass is 19.3. The number of hydrogen-bond acceptors (Lipinski definition) is 7. The number of aromatic nitrogens is 1. The largest absolute Gasteiger partial charge is 0.489 e. The van der Waals surface area contributed by atoms with Crippen molar-refractivity contribution in [2.45, 2.75) is 44.9 Å². The van der Waals surface area contributed by atoms with Gasteiger partial charge in [-0.05, 0) is 50.3 Å². The minimum Gasteiger partial charge on any atom is -0.489 e. The summed E-state index contributed by atoms with van der Waals surface area (Å²) in [5.41, 5.74) is 6.58. The number of oxazole rings is 1. The number of ether oxygens (including phenoxy) is 2. The van der Waals surface area contributed by atoms with Crippen LogP contribution in [0.1, 0.15) is 48.5 Å². The van der Waals surface area contributed by atoms with E-state index in [0.29, 0.717) is 37.6 Å². The van der Waals surface area contributed by atoms with Crippen molar-refractivity contribution >= 4 is 11.9 Å². The van der Waals surface area contributed by atoms with Gasteiger partial charge in [0.1, 0.15) is 0 Å². The predicted molar refractivity (Wildman–Crippen MR) is 126 cm³/mol. The number of nitrogens with zero attached hydrogens (tertiary/aromatic N) is 3. The number of nitrogens with two attached hydrogens (primary N) is 1. The molecule has 0 bridgehead atoms. The second kappa shape index (κ2) is 10.7. The van der Waals surface area contributed by atoms with E-state index in [4.69, 9.17) is 14.9 Å². The van der Waals surface area contributed by atoms with E-state index >= 15 is 0 Å². The summed E-state index contributed by atoms with van der Waals surface area (Å²) in [5, 5.41) is 2.88. The van der Waals surface area contributed by atoms with Crippen molar-refractivity contribution in [1.29, 1.82) is 0 Å². The number of urea groups is 1. The van der Waals surface area contributed by atoms with Crippen molar-refractivity contribution < 1.29 is 32.3 Å². The number of carbonyl (C=O) groups excluding carboxylic acids is 2. The first-order valence-electron chi connectivity index (χ1n) is 11.9. The number of rotatable bonds is 9. The van der Waals surface area contributed by atoms with Crippen LogP contribution < -0.4 is 20.5 Å². The van der Waals surface area contributed by atoms with E-state index < -0.39 is 12.7 Å². The second-order valence-electron chi connectivity index (χ2n) is 9.40. The molecule has 1 aromatic heterocycles. The molecule has 0 spiro atoms. The number of benzene rings is 1. The number of alkyl halides is 2. The molecule has 1 aliphatic heterocycles. The van der Waals surface area contributed by atoms with Crippen molar-refractivity contribution in [3.8, 4) is 23.0 Å². The first-order chi connectivity index (χ1) is 17.1. The minimum absolute atomic E-state index is 0.0768. The van der Waals surface area contributed by atoms with Gasteiger partial charge in [-0.3, -0.25) is 4.79 Å². The van der Waals surface area contributed by atoms with Crippen LogP contribution in [0.2, 0.25) is 0 Å². The Morgan fingerprint density at radius 2 is 2.03 bits per heavy atom. The molecular formula is C24H31F2N5O5. The van der Waals surface area contributed by atoms with Crippen LogP contribution in [0.25, 0.3) is 11.5 Å². The molecule has 2 aromatic rings. The molecule has 0 radical (unpaired) electrons. The van der Waals surface area contributed by atoms with Gasteiger partial charge in [0.25, 0.3) is 5.91 Å². The zero-order valence-electron chi connectivity index (χ0n) is 20.5. The lowest BCUT2D eigenvalue weighted by atomic mass is 10.2. The molecule has 196 valence electrons. The Morgan fingerprint density at radius 1 is 1.28 bits per heavy atom. The molecule has 1 saturated carbocycles. The normalized spacial score (nSPS) is 18.3. The van der Waals surface area contributed by atoms with E-state index in [1.807, 2.05) is 0 Å². The molecule has 2 heterocycles. The fourth-order valence-corrected chi connectivity index (χ4v) is 3.87. The summed E-state index contributed by atoms with van der Waals surface area (Å²) < 4.78 is 41.9. The van der Waals surface area contributed by atoms with Gasteiger partial charge >= 0.3 is 12.6 Å². The van der Waals surface area contributed by atoms with E-state index in [-0.39, 0.29) is 46.8 Å². The number of amides is 3. The highest BCUT2D eigenvalue weighted by molar-refractivity contribution is 5.94. The Bertz CT molecular complexity index is 1100. The van der Waals surface area contributed by atoms with Crippen LogP contribution in [-0.2, 0) is 0 Å². The fourth-order valence-electron chi connectivity index (χ4n) is 3.87. The van der Waals surface area contributed by atoms with E-state index in [9.17, 15) is 18.4 Å². The van der Waals surface area contributed by atoms with Crippen LogP contribution in [0.15, 0.2) is 22.6 Å². The quantitative estimate of drug-likeness (QED) is 0.534. The third kappa shape index (κ3) is 6.04. The van der Waals surface area contributed by atoms with Crippen molar-refractivity contribution in [2.24, 2.45) is 11.7 Å². The molecule has 1 saturated heterocycles. The third-order valence-corrected chi connectivity index (χ3v) is 6.06. The maximum Gasteiger partial charge on any atom is 0.387 e. The van der Waals surface area contributed by atoms with Gasteiger partial charge in [-0.2, -0.15) is 8.78 Å². The molecule has 36 heavy (non-hydrogen) atoms. The van der Waals surface area contributed by atoms with Crippen LogP contribution in [0.4, 0.5) is 13.6 Å². The monoisotopic (exact) mass is 507 g/mol. The molecule has 3 amide bonds. The van der Waals surface area contributed by atoms with Crippen LogP contribution in [0.3, 0.4) is 0 Å². The van der Waals surface area contributed by atoms with Crippen LogP contribution >= 0.6 is 0 Å². The van der Waals surface area contributed by atoms with Gasteiger partial charge in [0.2, 0.25) is 5.89 Å². The smallest absolute Gasteiger partial charge is 0.387 e. The zero-order valence-corrected chi connectivity index (χ0v) is 20.5. The molecule has 1 aliphatic carbocycles. The first-order valence-corrected chi connectivity index (χ1v) is 11.9. The van der Waals surface area contributed by atoms with Gasteiger partial charge in [-0.1, -0.05) is 0 Å². The Labute approximate surface area is 207 Å². The average molecular weight is 508 g/mol. The molecular weight excluding hydrogens is 476 g/mol. The van der Waals surface area contributed by atoms with Gasteiger partial charge in [0, 0.05) is 38.8 Å². The first kappa shape index (κ1) is 25.7. The average Bonchev–Trinajstić information content (AvgIpc) is 3.35. The van der Waals surface area contributed by atoms with Gasteiger partial charge in [-0.25, -0.2) is 9.78 Å². The number of nitrogens with one attached hydrogen (secondary N) is 1. The van der Waals surface area contributed by atoms with E-state index in [1.54, 1.807) is 25.9 Å².